The number of carbonyl (C=O) groups is 2. The highest BCUT2D eigenvalue weighted by atomic mass is 16.6. The molecule has 0 aliphatic heterocycles. The second-order valence-corrected chi connectivity index (χ2v) is 8.73. The lowest BCUT2D eigenvalue weighted by Crippen LogP contribution is -2.29. The number of aromatic nitrogens is 2. The minimum atomic E-state index is -1.31. The SMILES string of the molecule is CCCCc1ncc(C(=O)O)c(=O)n1-c1ccc(-c2ccccc2C(=O)OC(C)(C)C)cc1. The number of benzene rings is 2. The fourth-order valence-corrected chi connectivity index (χ4v) is 3.45. The average molecular weight is 449 g/mol. The van der Waals surface area contributed by atoms with Crippen LogP contribution in [0.25, 0.3) is 16.8 Å². The molecule has 0 atom stereocenters. The topological polar surface area (TPSA) is 98.5 Å². The Kier molecular flexibility index (Phi) is 7.11. The molecule has 0 aliphatic rings. The Balaban J connectivity index is 2.05. The third kappa shape index (κ3) is 5.55. The number of aryl methyl sites for hydroxylation is 1. The summed E-state index contributed by atoms with van der Waals surface area (Å²) in [5.74, 6) is -1.22. The summed E-state index contributed by atoms with van der Waals surface area (Å²) in [4.78, 5) is 41.3. The molecule has 0 amide bonds. The van der Waals surface area contributed by atoms with E-state index in [-0.39, 0.29) is 5.56 Å². The van der Waals surface area contributed by atoms with Crippen molar-refractivity contribution in [2.75, 3.05) is 0 Å². The Hall–Kier alpha value is -3.74. The first-order valence-electron chi connectivity index (χ1n) is 10.9. The zero-order valence-corrected chi connectivity index (χ0v) is 19.3. The number of aromatic carboxylic acids is 1. The molecular formula is C26H28N2O5. The van der Waals surface area contributed by atoms with Gasteiger partial charge in [-0.05, 0) is 56.5 Å². The number of hydrogen-bond donors (Lipinski definition) is 1. The molecule has 172 valence electrons. The standard InChI is InChI=1S/C26H28N2O5/c1-5-6-11-22-27-16-21(24(30)31)23(29)28(22)18-14-12-17(13-15-18)19-9-7-8-10-20(19)25(32)33-26(2,3)4/h7-10,12-16H,5-6,11H2,1-4H3,(H,30,31). The Labute approximate surface area is 192 Å². The van der Waals surface area contributed by atoms with Crippen LogP contribution < -0.4 is 5.56 Å². The Morgan fingerprint density at radius 3 is 2.30 bits per heavy atom. The summed E-state index contributed by atoms with van der Waals surface area (Å²) in [7, 11) is 0. The molecule has 3 aromatic rings. The van der Waals surface area contributed by atoms with Gasteiger partial charge in [0.2, 0.25) is 0 Å². The van der Waals surface area contributed by atoms with E-state index in [0.717, 1.165) is 24.6 Å². The lowest BCUT2D eigenvalue weighted by Gasteiger charge is -2.20. The van der Waals surface area contributed by atoms with E-state index in [1.807, 2.05) is 39.8 Å². The fraction of sp³-hybridized carbons (Fsp3) is 0.308. The van der Waals surface area contributed by atoms with Gasteiger partial charge in [-0.1, -0.05) is 43.7 Å². The molecule has 1 heterocycles. The highest BCUT2D eigenvalue weighted by Crippen LogP contribution is 2.27. The number of nitrogens with zero attached hydrogens (tertiary/aromatic N) is 2. The van der Waals surface area contributed by atoms with Crippen LogP contribution in [-0.2, 0) is 11.2 Å². The van der Waals surface area contributed by atoms with Gasteiger partial charge >= 0.3 is 11.9 Å². The van der Waals surface area contributed by atoms with Crippen molar-refractivity contribution in [1.82, 2.24) is 9.55 Å². The van der Waals surface area contributed by atoms with E-state index in [1.165, 1.54) is 4.57 Å². The molecule has 7 heteroatoms. The molecule has 2 aromatic carbocycles. The number of carboxylic acids is 1. The molecular weight excluding hydrogens is 420 g/mol. The van der Waals surface area contributed by atoms with Gasteiger partial charge < -0.3 is 9.84 Å². The van der Waals surface area contributed by atoms with E-state index in [1.54, 1.807) is 36.4 Å². The second kappa shape index (κ2) is 9.81. The average Bonchev–Trinajstić information content (AvgIpc) is 2.76. The molecule has 1 N–H and O–H groups in total. The molecule has 3 rings (SSSR count). The number of rotatable bonds is 7. The maximum atomic E-state index is 12.9. The second-order valence-electron chi connectivity index (χ2n) is 8.73. The number of ether oxygens (including phenoxy) is 1. The van der Waals surface area contributed by atoms with Crippen LogP contribution in [0.15, 0.2) is 59.5 Å². The Bertz CT molecular complexity index is 1220. The van der Waals surface area contributed by atoms with Crippen molar-refractivity contribution in [3.8, 4) is 16.8 Å². The van der Waals surface area contributed by atoms with Crippen molar-refractivity contribution in [3.05, 3.63) is 82.0 Å². The summed E-state index contributed by atoms with van der Waals surface area (Å²) in [6.45, 7) is 7.48. The van der Waals surface area contributed by atoms with E-state index >= 15 is 0 Å². The smallest absolute Gasteiger partial charge is 0.342 e. The predicted molar refractivity (Wildman–Crippen MR) is 126 cm³/mol. The number of unbranched alkanes of at least 4 members (excludes halogenated alkanes) is 1. The van der Waals surface area contributed by atoms with Crippen LogP contribution in [-0.4, -0.2) is 32.2 Å². The maximum Gasteiger partial charge on any atom is 0.342 e. The first-order chi connectivity index (χ1) is 15.6. The van der Waals surface area contributed by atoms with Gasteiger partial charge in [-0.15, -0.1) is 0 Å². The Morgan fingerprint density at radius 1 is 1.03 bits per heavy atom. The van der Waals surface area contributed by atoms with Crippen LogP contribution in [0, 0.1) is 0 Å². The van der Waals surface area contributed by atoms with Crippen LogP contribution in [0.4, 0.5) is 0 Å². The van der Waals surface area contributed by atoms with Crippen LogP contribution >= 0.6 is 0 Å². The van der Waals surface area contributed by atoms with Gasteiger partial charge in [-0.2, -0.15) is 0 Å². The molecule has 0 spiro atoms. The van der Waals surface area contributed by atoms with Gasteiger partial charge in [-0.3, -0.25) is 9.36 Å². The molecule has 7 nitrogen and oxygen atoms in total. The minimum Gasteiger partial charge on any atom is -0.477 e. The monoisotopic (exact) mass is 448 g/mol. The highest BCUT2D eigenvalue weighted by molar-refractivity contribution is 5.97. The molecule has 0 saturated heterocycles. The number of carboxylic acid groups (broad SMARTS) is 1. The van der Waals surface area contributed by atoms with Crippen molar-refractivity contribution >= 4 is 11.9 Å². The molecule has 0 unspecified atom stereocenters. The number of carbonyl (C=O) groups excluding carboxylic acids is 1. The molecule has 33 heavy (non-hydrogen) atoms. The molecule has 0 bridgehead atoms. The van der Waals surface area contributed by atoms with Gasteiger partial charge in [0.25, 0.3) is 5.56 Å². The normalized spacial score (nSPS) is 11.3. The zero-order valence-electron chi connectivity index (χ0n) is 19.3. The van der Waals surface area contributed by atoms with Crippen LogP contribution in [0.5, 0.6) is 0 Å². The lowest BCUT2D eigenvalue weighted by molar-refractivity contribution is 0.00702. The third-order valence-corrected chi connectivity index (χ3v) is 5.00. The molecule has 0 fully saturated rings. The molecule has 0 radical (unpaired) electrons. The van der Waals surface area contributed by atoms with Crippen molar-refractivity contribution < 1.29 is 19.4 Å². The van der Waals surface area contributed by atoms with Crippen molar-refractivity contribution in [3.63, 3.8) is 0 Å². The minimum absolute atomic E-state index is 0.380. The summed E-state index contributed by atoms with van der Waals surface area (Å²) >= 11 is 0. The fourth-order valence-electron chi connectivity index (χ4n) is 3.45. The predicted octanol–water partition coefficient (Wildman–Crippen LogP) is 4.90. The van der Waals surface area contributed by atoms with Gasteiger partial charge in [0.1, 0.15) is 17.0 Å². The molecule has 1 aromatic heterocycles. The largest absolute Gasteiger partial charge is 0.477 e. The van der Waals surface area contributed by atoms with E-state index in [9.17, 15) is 19.5 Å². The quantitative estimate of drug-likeness (QED) is 0.517. The summed E-state index contributed by atoms with van der Waals surface area (Å²) < 4.78 is 6.89. The van der Waals surface area contributed by atoms with Gasteiger partial charge in [0.05, 0.1) is 11.3 Å². The van der Waals surface area contributed by atoms with Gasteiger partial charge in [0, 0.05) is 12.6 Å². The van der Waals surface area contributed by atoms with Crippen molar-refractivity contribution in [2.45, 2.75) is 52.6 Å². The van der Waals surface area contributed by atoms with E-state index < -0.39 is 23.1 Å². The Morgan fingerprint density at radius 2 is 1.70 bits per heavy atom. The van der Waals surface area contributed by atoms with E-state index in [2.05, 4.69) is 4.98 Å². The summed E-state index contributed by atoms with van der Waals surface area (Å²) in [5.41, 5.74) is 0.808. The van der Waals surface area contributed by atoms with Gasteiger partial charge in [0.15, 0.2) is 0 Å². The molecule has 0 aliphatic carbocycles. The first kappa shape index (κ1) is 23.9. The van der Waals surface area contributed by atoms with Crippen molar-refractivity contribution in [1.29, 1.82) is 0 Å². The van der Waals surface area contributed by atoms with Crippen LogP contribution in [0.2, 0.25) is 0 Å². The van der Waals surface area contributed by atoms with Crippen LogP contribution in [0.1, 0.15) is 67.1 Å². The van der Waals surface area contributed by atoms with Crippen molar-refractivity contribution in [2.24, 2.45) is 0 Å². The summed E-state index contributed by atoms with van der Waals surface area (Å²) in [5, 5.41) is 9.36. The highest BCUT2D eigenvalue weighted by Gasteiger charge is 2.21. The lowest BCUT2D eigenvalue weighted by atomic mass is 9.99. The van der Waals surface area contributed by atoms with Gasteiger partial charge in [-0.25, -0.2) is 14.6 Å². The van der Waals surface area contributed by atoms with Crippen LogP contribution in [0.3, 0.4) is 0 Å². The summed E-state index contributed by atoms with van der Waals surface area (Å²) in [6, 6.07) is 14.2. The maximum absolute atomic E-state index is 12.9. The zero-order chi connectivity index (χ0) is 24.2. The number of esters is 1. The van der Waals surface area contributed by atoms with E-state index in [0.29, 0.717) is 29.1 Å². The van der Waals surface area contributed by atoms with E-state index in [4.69, 9.17) is 4.74 Å². The number of hydrogen-bond acceptors (Lipinski definition) is 5. The summed E-state index contributed by atoms with van der Waals surface area (Å²) in [6.07, 6.45) is 3.41. The molecule has 0 saturated carbocycles. The first-order valence-corrected chi connectivity index (χ1v) is 10.9. The third-order valence-electron chi connectivity index (χ3n) is 5.00.